The van der Waals surface area contributed by atoms with E-state index in [2.05, 4.69) is 5.32 Å². The first kappa shape index (κ1) is 12.7. The number of hydrogen-bond acceptors (Lipinski definition) is 2. The zero-order valence-corrected chi connectivity index (χ0v) is 8.61. The van der Waals surface area contributed by atoms with Gasteiger partial charge in [-0.1, -0.05) is 6.42 Å². The van der Waals surface area contributed by atoms with E-state index in [0.29, 0.717) is 12.3 Å². The number of nitrogens with one attached hydrogen (secondary N) is 1. The Morgan fingerprint density at radius 1 is 1.46 bits per heavy atom. The summed E-state index contributed by atoms with van der Waals surface area (Å²) >= 11 is 0. The lowest BCUT2D eigenvalue weighted by Gasteiger charge is -2.11. The van der Waals surface area contributed by atoms with E-state index in [9.17, 15) is 4.79 Å². The summed E-state index contributed by atoms with van der Waals surface area (Å²) in [5.74, 6) is -0.0807. The van der Waals surface area contributed by atoms with E-state index in [4.69, 9.17) is 5.11 Å². The third-order valence-corrected chi connectivity index (χ3v) is 2.42. The Hall–Kier alpha value is -0.280. The van der Waals surface area contributed by atoms with Gasteiger partial charge in [-0.25, -0.2) is 0 Å². The number of carboxylic acid groups (broad SMARTS) is 1. The maximum absolute atomic E-state index is 10.3. The normalized spacial score (nSPS) is 22.9. The second kappa shape index (κ2) is 7.15. The van der Waals surface area contributed by atoms with Gasteiger partial charge >= 0.3 is 5.97 Å². The molecule has 0 radical (unpaired) electrons. The number of carboxylic acids is 1. The SMILES string of the molecule is Cl.O=C(O)CCC1CCCCNC1. The molecule has 1 unspecified atom stereocenters. The molecule has 0 amide bonds. The van der Waals surface area contributed by atoms with Crippen molar-refractivity contribution in [3.63, 3.8) is 0 Å². The van der Waals surface area contributed by atoms with Gasteiger partial charge < -0.3 is 10.4 Å². The van der Waals surface area contributed by atoms with Crippen LogP contribution in [0.15, 0.2) is 0 Å². The minimum Gasteiger partial charge on any atom is -0.481 e. The lowest BCUT2D eigenvalue weighted by atomic mass is 9.98. The maximum Gasteiger partial charge on any atom is 0.303 e. The van der Waals surface area contributed by atoms with Gasteiger partial charge in [0.25, 0.3) is 0 Å². The van der Waals surface area contributed by atoms with Crippen molar-refractivity contribution in [2.75, 3.05) is 13.1 Å². The first-order chi connectivity index (χ1) is 5.79. The van der Waals surface area contributed by atoms with Crippen molar-refractivity contribution in [1.82, 2.24) is 5.32 Å². The largest absolute Gasteiger partial charge is 0.481 e. The third kappa shape index (κ3) is 5.88. The summed E-state index contributed by atoms with van der Waals surface area (Å²) < 4.78 is 0. The minimum absolute atomic E-state index is 0. The Morgan fingerprint density at radius 3 is 2.92 bits per heavy atom. The maximum atomic E-state index is 10.3. The van der Waals surface area contributed by atoms with Crippen molar-refractivity contribution in [3.8, 4) is 0 Å². The van der Waals surface area contributed by atoms with Crippen LogP contribution in [0.3, 0.4) is 0 Å². The zero-order chi connectivity index (χ0) is 8.81. The summed E-state index contributed by atoms with van der Waals surface area (Å²) in [4.78, 5) is 10.3. The van der Waals surface area contributed by atoms with Crippen LogP contribution in [-0.2, 0) is 4.79 Å². The first-order valence-electron chi connectivity index (χ1n) is 4.71. The van der Waals surface area contributed by atoms with Crippen LogP contribution in [-0.4, -0.2) is 24.2 Å². The molecule has 1 fully saturated rings. The lowest BCUT2D eigenvalue weighted by Crippen LogP contribution is -2.21. The predicted octanol–water partition coefficient (Wildman–Crippen LogP) is 1.66. The predicted molar refractivity (Wildman–Crippen MR) is 54.3 cm³/mol. The summed E-state index contributed by atoms with van der Waals surface area (Å²) in [6.07, 6.45) is 4.84. The first-order valence-corrected chi connectivity index (χ1v) is 4.71. The van der Waals surface area contributed by atoms with Crippen molar-refractivity contribution < 1.29 is 9.90 Å². The molecular formula is C9H18ClNO2. The van der Waals surface area contributed by atoms with Gasteiger partial charge in [0.05, 0.1) is 0 Å². The van der Waals surface area contributed by atoms with Gasteiger partial charge in [-0.2, -0.15) is 0 Å². The van der Waals surface area contributed by atoms with Gasteiger partial charge in [0.15, 0.2) is 0 Å². The van der Waals surface area contributed by atoms with Crippen LogP contribution in [0.4, 0.5) is 0 Å². The van der Waals surface area contributed by atoms with E-state index in [1.165, 1.54) is 19.3 Å². The van der Waals surface area contributed by atoms with Gasteiger partial charge in [-0.05, 0) is 38.3 Å². The second-order valence-corrected chi connectivity index (χ2v) is 3.50. The zero-order valence-electron chi connectivity index (χ0n) is 7.79. The van der Waals surface area contributed by atoms with Crippen LogP contribution >= 0.6 is 12.4 Å². The quantitative estimate of drug-likeness (QED) is 0.740. The highest BCUT2D eigenvalue weighted by Gasteiger charge is 2.12. The molecule has 0 bridgehead atoms. The number of carbonyl (C=O) groups is 1. The molecule has 0 saturated carbocycles. The second-order valence-electron chi connectivity index (χ2n) is 3.50. The van der Waals surface area contributed by atoms with Crippen LogP contribution in [0.5, 0.6) is 0 Å². The van der Waals surface area contributed by atoms with E-state index >= 15 is 0 Å². The van der Waals surface area contributed by atoms with Crippen LogP contribution in [0.1, 0.15) is 32.1 Å². The fourth-order valence-corrected chi connectivity index (χ4v) is 1.67. The van der Waals surface area contributed by atoms with E-state index in [1.807, 2.05) is 0 Å². The molecule has 0 spiro atoms. The Bertz CT molecular complexity index is 145. The summed E-state index contributed by atoms with van der Waals surface area (Å²) in [7, 11) is 0. The van der Waals surface area contributed by atoms with E-state index < -0.39 is 5.97 Å². The van der Waals surface area contributed by atoms with Crippen molar-refractivity contribution in [2.45, 2.75) is 32.1 Å². The summed E-state index contributed by atoms with van der Waals surface area (Å²) in [5.41, 5.74) is 0. The van der Waals surface area contributed by atoms with Crippen LogP contribution < -0.4 is 5.32 Å². The number of hydrogen-bond donors (Lipinski definition) is 2. The summed E-state index contributed by atoms with van der Waals surface area (Å²) in [6.45, 7) is 2.11. The average molecular weight is 208 g/mol. The molecule has 0 aromatic heterocycles. The minimum atomic E-state index is -0.667. The Balaban J connectivity index is 0.00000144. The molecule has 2 N–H and O–H groups in total. The highest BCUT2D eigenvalue weighted by molar-refractivity contribution is 5.85. The standard InChI is InChI=1S/C9H17NO2.ClH/c11-9(12)5-4-8-3-1-2-6-10-7-8;/h8,10H,1-7H2,(H,11,12);1H. The van der Waals surface area contributed by atoms with Crippen LogP contribution in [0.2, 0.25) is 0 Å². The van der Waals surface area contributed by atoms with Gasteiger partial charge in [0, 0.05) is 6.42 Å². The molecule has 0 aliphatic carbocycles. The van der Waals surface area contributed by atoms with Gasteiger partial charge in [0.1, 0.15) is 0 Å². The number of halogens is 1. The fourth-order valence-electron chi connectivity index (χ4n) is 1.67. The van der Waals surface area contributed by atoms with Crippen molar-refractivity contribution in [3.05, 3.63) is 0 Å². The van der Waals surface area contributed by atoms with E-state index in [1.54, 1.807) is 0 Å². The molecule has 13 heavy (non-hydrogen) atoms. The number of aliphatic carboxylic acids is 1. The molecule has 0 aromatic carbocycles. The fraction of sp³-hybridized carbons (Fsp3) is 0.889. The molecule has 0 aromatic rings. The molecule has 1 atom stereocenters. The highest BCUT2D eigenvalue weighted by atomic mass is 35.5. The van der Waals surface area contributed by atoms with Crippen molar-refractivity contribution in [1.29, 1.82) is 0 Å². The smallest absolute Gasteiger partial charge is 0.303 e. The lowest BCUT2D eigenvalue weighted by molar-refractivity contribution is -0.137. The molecule has 4 heteroatoms. The molecule has 1 rings (SSSR count). The Kier molecular flexibility index (Phi) is 7.00. The molecule has 1 heterocycles. The van der Waals surface area contributed by atoms with Crippen LogP contribution in [0, 0.1) is 5.92 Å². The van der Waals surface area contributed by atoms with Crippen LogP contribution in [0.25, 0.3) is 0 Å². The molecule has 78 valence electrons. The highest BCUT2D eigenvalue weighted by Crippen LogP contribution is 2.16. The van der Waals surface area contributed by atoms with Crippen molar-refractivity contribution >= 4 is 18.4 Å². The van der Waals surface area contributed by atoms with Gasteiger partial charge in [0.2, 0.25) is 0 Å². The Morgan fingerprint density at radius 2 is 2.23 bits per heavy atom. The molecule has 1 aliphatic rings. The van der Waals surface area contributed by atoms with Crippen molar-refractivity contribution in [2.24, 2.45) is 5.92 Å². The van der Waals surface area contributed by atoms with E-state index in [0.717, 1.165) is 19.5 Å². The van der Waals surface area contributed by atoms with E-state index in [-0.39, 0.29) is 12.4 Å². The molecule has 1 aliphatic heterocycles. The summed E-state index contributed by atoms with van der Waals surface area (Å²) in [6, 6.07) is 0. The van der Waals surface area contributed by atoms with Gasteiger partial charge in [-0.15, -0.1) is 12.4 Å². The topological polar surface area (TPSA) is 49.3 Å². The third-order valence-electron chi connectivity index (χ3n) is 2.42. The average Bonchev–Trinajstić information content (AvgIpc) is 2.28. The summed E-state index contributed by atoms with van der Waals surface area (Å²) in [5, 5.41) is 11.8. The molecular weight excluding hydrogens is 190 g/mol. The number of rotatable bonds is 3. The monoisotopic (exact) mass is 207 g/mol. The van der Waals surface area contributed by atoms with Gasteiger partial charge in [-0.3, -0.25) is 4.79 Å². The Labute approximate surface area is 85.3 Å². The molecule has 1 saturated heterocycles. The molecule has 3 nitrogen and oxygen atoms in total.